The normalized spacial score (nSPS) is 10.3. The van der Waals surface area contributed by atoms with Gasteiger partial charge in [-0.1, -0.05) is 35.3 Å². The fourth-order valence-corrected chi connectivity index (χ4v) is 2.21. The highest BCUT2D eigenvalue weighted by molar-refractivity contribution is 6.31. The van der Waals surface area contributed by atoms with Crippen molar-refractivity contribution < 1.29 is 4.79 Å². The van der Waals surface area contributed by atoms with Gasteiger partial charge in [-0.25, -0.2) is 0 Å². The molecule has 1 nitrogen and oxygen atoms in total. The molecule has 0 spiro atoms. The highest BCUT2D eigenvalue weighted by atomic mass is 35.5. The van der Waals surface area contributed by atoms with Crippen molar-refractivity contribution in [3.05, 3.63) is 57.6 Å². The number of carbonyl (C=O) groups excluding carboxylic acids is 1. The van der Waals surface area contributed by atoms with E-state index in [-0.39, 0.29) is 0 Å². The average Bonchev–Trinajstić information content (AvgIpc) is 2.30. The number of carbonyl (C=O) groups is 1. The maximum atomic E-state index is 11.0. The fraction of sp³-hybridized carbons (Fsp3) is 0.0714. The highest BCUT2D eigenvalue weighted by Gasteiger charge is 2.08. The molecule has 0 saturated carbocycles. The molecule has 86 valence electrons. The van der Waals surface area contributed by atoms with E-state index in [0.29, 0.717) is 15.6 Å². The van der Waals surface area contributed by atoms with Crippen molar-refractivity contribution in [3.63, 3.8) is 0 Å². The molecule has 2 aromatic rings. The summed E-state index contributed by atoms with van der Waals surface area (Å²) >= 11 is 11.8. The van der Waals surface area contributed by atoms with Crippen molar-refractivity contribution in [2.45, 2.75) is 6.92 Å². The average molecular weight is 265 g/mol. The molecule has 0 aliphatic heterocycles. The van der Waals surface area contributed by atoms with Crippen LogP contribution in [0.2, 0.25) is 10.0 Å². The molecule has 0 N–H and O–H groups in total. The monoisotopic (exact) mass is 264 g/mol. The van der Waals surface area contributed by atoms with Gasteiger partial charge in [0, 0.05) is 15.6 Å². The van der Waals surface area contributed by atoms with Gasteiger partial charge in [-0.2, -0.15) is 0 Å². The van der Waals surface area contributed by atoms with Gasteiger partial charge in [0.05, 0.1) is 0 Å². The summed E-state index contributed by atoms with van der Waals surface area (Å²) < 4.78 is 0. The molecule has 17 heavy (non-hydrogen) atoms. The third-order valence-corrected chi connectivity index (χ3v) is 3.09. The Labute approximate surface area is 110 Å². The lowest BCUT2D eigenvalue weighted by Gasteiger charge is -2.09. The third kappa shape index (κ3) is 2.51. The first kappa shape index (κ1) is 12.2. The minimum atomic E-state index is 0.558. The van der Waals surface area contributed by atoms with Crippen molar-refractivity contribution in [2.75, 3.05) is 0 Å². The van der Waals surface area contributed by atoms with Crippen LogP contribution in [0.15, 0.2) is 36.4 Å². The molecule has 0 amide bonds. The first-order valence-electron chi connectivity index (χ1n) is 5.13. The molecular weight excluding hydrogens is 255 g/mol. The molecular formula is C14H10Cl2O. The van der Waals surface area contributed by atoms with Crippen LogP contribution in [-0.2, 0) is 0 Å². The summed E-state index contributed by atoms with van der Waals surface area (Å²) in [4.78, 5) is 11.0. The lowest BCUT2D eigenvalue weighted by Crippen LogP contribution is -1.90. The topological polar surface area (TPSA) is 17.1 Å². The van der Waals surface area contributed by atoms with Crippen LogP contribution in [0.25, 0.3) is 11.1 Å². The molecule has 0 aliphatic rings. The zero-order chi connectivity index (χ0) is 12.4. The Morgan fingerprint density at radius 2 is 1.53 bits per heavy atom. The van der Waals surface area contributed by atoms with Gasteiger partial charge in [0.25, 0.3) is 0 Å². The predicted molar refractivity (Wildman–Crippen MR) is 72.0 cm³/mol. The highest BCUT2D eigenvalue weighted by Crippen LogP contribution is 2.29. The zero-order valence-electron chi connectivity index (χ0n) is 9.21. The minimum absolute atomic E-state index is 0.558. The molecule has 2 rings (SSSR count). The van der Waals surface area contributed by atoms with Gasteiger partial charge in [-0.15, -0.1) is 0 Å². The Balaban J connectivity index is 2.63. The van der Waals surface area contributed by atoms with Gasteiger partial charge in [0.1, 0.15) is 0 Å². The van der Waals surface area contributed by atoms with E-state index in [4.69, 9.17) is 23.2 Å². The maximum absolute atomic E-state index is 11.0. The summed E-state index contributed by atoms with van der Waals surface area (Å²) in [5.74, 6) is 0. The summed E-state index contributed by atoms with van der Waals surface area (Å²) in [6.45, 7) is 1.96. The summed E-state index contributed by atoms with van der Waals surface area (Å²) in [6.07, 6.45) is 0.815. The summed E-state index contributed by atoms with van der Waals surface area (Å²) in [7, 11) is 0. The Morgan fingerprint density at radius 1 is 0.941 bits per heavy atom. The molecule has 0 atom stereocenters. The van der Waals surface area contributed by atoms with Crippen LogP contribution in [0, 0.1) is 6.92 Å². The van der Waals surface area contributed by atoms with Crippen LogP contribution in [0.3, 0.4) is 0 Å². The predicted octanol–water partition coefficient (Wildman–Crippen LogP) is 4.78. The molecule has 0 fully saturated rings. The number of benzene rings is 2. The van der Waals surface area contributed by atoms with Crippen molar-refractivity contribution in [2.24, 2.45) is 0 Å². The lowest BCUT2D eigenvalue weighted by atomic mass is 9.97. The second-order valence-corrected chi connectivity index (χ2v) is 4.68. The number of aryl methyl sites for hydroxylation is 1. The largest absolute Gasteiger partial charge is 0.298 e. The smallest absolute Gasteiger partial charge is 0.150 e. The Bertz CT molecular complexity index is 576. The number of halogens is 2. The van der Waals surface area contributed by atoms with Crippen LogP contribution < -0.4 is 0 Å². The molecule has 0 bridgehead atoms. The lowest BCUT2D eigenvalue weighted by molar-refractivity contribution is 0.112. The quantitative estimate of drug-likeness (QED) is 0.714. The van der Waals surface area contributed by atoms with Crippen molar-refractivity contribution in [1.29, 1.82) is 0 Å². The van der Waals surface area contributed by atoms with E-state index < -0.39 is 0 Å². The molecule has 0 aromatic heterocycles. The van der Waals surface area contributed by atoms with E-state index in [1.54, 1.807) is 12.1 Å². The van der Waals surface area contributed by atoms with Gasteiger partial charge in [-0.05, 0) is 47.9 Å². The molecule has 0 unspecified atom stereocenters. The standard InChI is InChI=1S/C14H10Cl2O/c1-9-6-11(15)2-4-13(9)14-5-3-12(16)7-10(14)8-17/h2-8H,1H3. The van der Waals surface area contributed by atoms with Crippen molar-refractivity contribution >= 4 is 29.5 Å². The van der Waals surface area contributed by atoms with E-state index in [0.717, 1.165) is 23.0 Å². The summed E-state index contributed by atoms with van der Waals surface area (Å²) in [6, 6.07) is 10.9. The fourth-order valence-electron chi connectivity index (χ4n) is 1.81. The van der Waals surface area contributed by atoms with Crippen molar-refractivity contribution in [1.82, 2.24) is 0 Å². The van der Waals surface area contributed by atoms with E-state index in [1.807, 2.05) is 31.2 Å². The Morgan fingerprint density at radius 3 is 2.12 bits per heavy atom. The van der Waals surface area contributed by atoms with Crippen LogP contribution in [-0.4, -0.2) is 6.29 Å². The number of hydrogen-bond donors (Lipinski definition) is 0. The molecule has 0 saturated heterocycles. The molecule has 0 aliphatic carbocycles. The van der Waals surface area contributed by atoms with Gasteiger partial charge < -0.3 is 0 Å². The van der Waals surface area contributed by atoms with Crippen LogP contribution in [0.1, 0.15) is 15.9 Å². The first-order chi connectivity index (χ1) is 8.11. The van der Waals surface area contributed by atoms with E-state index >= 15 is 0 Å². The Hall–Kier alpha value is -1.31. The van der Waals surface area contributed by atoms with Gasteiger partial charge in [-0.3, -0.25) is 4.79 Å². The third-order valence-electron chi connectivity index (χ3n) is 2.62. The van der Waals surface area contributed by atoms with Gasteiger partial charge in [0.15, 0.2) is 6.29 Å². The second-order valence-electron chi connectivity index (χ2n) is 3.81. The van der Waals surface area contributed by atoms with Gasteiger partial charge in [0.2, 0.25) is 0 Å². The summed E-state index contributed by atoms with van der Waals surface area (Å²) in [5, 5.41) is 1.25. The van der Waals surface area contributed by atoms with Crippen molar-refractivity contribution in [3.8, 4) is 11.1 Å². The number of aldehydes is 1. The Kier molecular flexibility index (Phi) is 3.51. The second kappa shape index (κ2) is 4.91. The molecule has 2 aromatic carbocycles. The first-order valence-corrected chi connectivity index (χ1v) is 5.88. The maximum Gasteiger partial charge on any atom is 0.150 e. The number of hydrogen-bond acceptors (Lipinski definition) is 1. The van der Waals surface area contributed by atoms with E-state index in [9.17, 15) is 4.79 Å². The SMILES string of the molecule is Cc1cc(Cl)ccc1-c1ccc(Cl)cc1C=O. The summed E-state index contributed by atoms with van der Waals surface area (Å²) in [5.41, 5.74) is 3.48. The van der Waals surface area contributed by atoms with Crippen LogP contribution in [0.5, 0.6) is 0 Å². The molecule has 0 radical (unpaired) electrons. The zero-order valence-corrected chi connectivity index (χ0v) is 10.7. The number of rotatable bonds is 2. The van der Waals surface area contributed by atoms with Crippen LogP contribution in [0.4, 0.5) is 0 Å². The molecule has 0 heterocycles. The minimum Gasteiger partial charge on any atom is -0.298 e. The van der Waals surface area contributed by atoms with Gasteiger partial charge >= 0.3 is 0 Å². The van der Waals surface area contributed by atoms with Crippen LogP contribution >= 0.6 is 23.2 Å². The molecule has 3 heteroatoms. The van der Waals surface area contributed by atoms with E-state index in [1.165, 1.54) is 0 Å². The van der Waals surface area contributed by atoms with E-state index in [2.05, 4.69) is 0 Å².